The number of anilines is 1. The molecule has 4 heterocycles. The number of carbonyl (C=O) groups excluding carboxylic acids is 2. The summed E-state index contributed by atoms with van der Waals surface area (Å²) in [6.45, 7) is 1.30. The molecule has 9 heteroatoms. The maximum Gasteiger partial charge on any atom is 0.339 e. The lowest BCUT2D eigenvalue weighted by Crippen LogP contribution is -2.39. The molecule has 8 nitrogen and oxygen atoms in total. The molecule has 0 radical (unpaired) electrons. The Hall–Kier alpha value is -3.59. The van der Waals surface area contributed by atoms with Gasteiger partial charge >= 0.3 is 12.0 Å². The number of piperidine rings is 1. The Balaban J connectivity index is 1.33. The van der Waals surface area contributed by atoms with Gasteiger partial charge in [0.15, 0.2) is 5.13 Å². The largest absolute Gasteiger partial charge is 0.465 e. The molecule has 3 aromatic heterocycles. The lowest BCUT2D eigenvalue weighted by atomic mass is 10.0. The standard InChI is InChI=1S/C22H21N5O3S/c1-30-20(28)16-5-6-18(24-13-16)19-14-25-21(31-19)26-22(29)27-10-7-15(8-11-27)12-17-4-2-3-9-23-17/h2-6,9,12-14H,7-8,10-11H2,1H3,(H,25,26,29). The van der Waals surface area contributed by atoms with Crippen LogP contribution in [0.1, 0.15) is 28.9 Å². The van der Waals surface area contributed by atoms with Crippen molar-refractivity contribution in [1.82, 2.24) is 19.9 Å². The highest BCUT2D eigenvalue weighted by molar-refractivity contribution is 7.19. The van der Waals surface area contributed by atoms with Crippen molar-refractivity contribution in [1.29, 1.82) is 0 Å². The fraction of sp³-hybridized carbons (Fsp3) is 0.227. The molecule has 0 aromatic carbocycles. The summed E-state index contributed by atoms with van der Waals surface area (Å²) in [7, 11) is 1.33. The number of esters is 1. The van der Waals surface area contributed by atoms with Gasteiger partial charge in [0.05, 0.1) is 28.9 Å². The van der Waals surface area contributed by atoms with Crippen molar-refractivity contribution in [3.8, 4) is 10.6 Å². The average Bonchev–Trinajstić information content (AvgIpc) is 3.28. The van der Waals surface area contributed by atoms with Crippen LogP contribution in [0.2, 0.25) is 0 Å². The molecule has 158 valence electrons. The normalized spacial score (nSPS) is 13.6. The summed E-state index contributed by atoms with van der Waals surface area (Å²) in [5.74, 6) is -0.434. The van der Waals surface area contributed by atoms with Gasteiger partial charge in [-0.1, -0.05) is 23.0 Å². The molecule has 0 saturated carbocycles. The molecule has 1 N–H and O–H groups in total. The third-order valence-corrected chi connectivity index (χ3v) is 5.82. The van der Waals surface area contributed by atoms with Crippen molar-refractivity contribution in [2.24, 2.45) is 0 Å². The van der Waals surface area contributed by atoms with E-state index in [4.69, 9.17) is 0 Å². The van der Waals surface area contributed by atoms with Crippen LogP contribution in [0.25, 0.3) is 16.6 Å². The van der Waals surface area contributed by atoms with Gasteiger partial charge in [-0.15, -0.1) is 0 Å². The van der Waals surface area contributed by atoms with Crippen molar-refractivity contribution < 1.29 is 14.3 Å². The molecule has 1 aliphatic heterocycles. The van der Waals surface area contributed by atoms with Gasteiger partial charge < -0.3 is 9.64 Å². The number of hydrogen-bond acceptors (Lipinski definition) is 7. The minimum absolute atomic E-state index is 0.160. The second-order valence-corrected chi connectivity index (χ2v) is 7.96. The first-order chi connectivity index (χ1) is 15.1. The topological polar surface area (TPSA) is 97.3 Å². The number of hydrogen-bond donors (Lipinski definition) is 1. The molecule has 1 saturated heterocycles. The molecule has 4 rings (SSSR count). The van der Waals surface area contributed by atoms with E-state index >= 15 is 0 Å². The second kappa shape index (κ2) is 9.48. The number of methoxy groups -OCH3 is 1. The van der Waals surface area contributed by atoms with Crippen LogP contribution in [0, 0.1) is 0 Å². The van der Waals surface area contributed by atoms with Crippen LogP contribution in [0.3, 0.4) is 0 Å². The van der Waals surface area contributed by atoms with Crippen LogP contribution < -0.4 is 5.32 Å². The Labute approximate surface area is 183 Å². The molecule has 0 unspecified atom stereocenters. The summed E-state index contributed by atoms with van der Waals surface area (Å²) in [4.78, 5) is 39.6. The minimum Gasteiger partial charge on any atom is -0.465 e. The predicted molar refractivity (Wildman–Crippen MR) is 119 cm³/mol. The first kappa shape index (κ1) is 20.7. The molecular weight excluding hydrogens is 414 g/mol. The smallest absolute Gasteiger partial charge is 0.339 e. The van der Waals surface area contributed by atoms with Gasteiger partial charge in [-0.25, -0.2) is 14.6 Å². The Morgan fingerprint density at radius 1 is 1.10 bits per heavy atom. The summed E-state index contributed by atoms with van der Waals surface area (Å²) >= 11 is 1.33. The molecule has 0 spiro atoms. The predicted octanol–water partition coefficient (Wildman–Crippen LogP) is 4.10. The molecule has 0 aliphatic carbocycles. The number of aromatic nitrogens is 3. The molecule has 0 bridgehead atoms. The number of urea groups is 1. The van der Waals surface area contributed by atoms with E-state index in [-0.39, 0.29) is 6.03 Å². The molecule has 1 fully saturated rings. The molecule has 1 aliphatic rings. The molecule has 31 heavy (non-hydrogen) atoms. The quantitative estimate of drug-likeness (QED) is 0.620. The van der Waals surface area contributed by atoms with Gasteiger partial charge in [0, 0.05) is 31.7 Å². The number of pyridine rings is 2. The van der Waals surface area contributed by atoms with Crippen LogP contribution in [0.5, 0.6) is 0 Å². The van der Waals surface area contributed by atoms with Crippen molar-refractivity contribution >= 4 is 34.5 Å². The molecule has 2 amide bonds. The first-order valence-corrected chi connectivity index (χ1v) is 10.6. The van der Waals surface area contributed by atoms with E-state index in [1.165, 1.54) is 30.2 Å². The van der Waals surface area contributed by atoms with E-state index in [2.05, 4.69) is 31.1 Å². The third kappa shape index (κ3) is 5.13. The van der Waals surface area contributed by atoms with Crippen molar-refractivity contribution in [3.63, 3.8) is 0 Å². The summed E-state index contributed by atoms with van der Waals surface area (Å²) in [5.41, 5.74) is 3.29. The van der Waals surface area contributed by atoms with Crippen LogP contribution in [0.15, 0.2) is 54.5 Å². The van der Waals surface area contributed by atoms with Gasteiger partial charge in [-0.2, -0.15) is 0 Å². The van der Waals surface area contributed by atoms with Gasteiger partial charge in [-0.05, 0) is 43.2 Å². The third-order valence-electron chi connectivity index (χ3n) is 4.89. The van der Waals surface area contributed by atoms with E-state index in [1.54, 1.807) is 29.4 Å². The zero-order valence-electron chi connectivity index (χ0n) is 16.9. The van der Waals surface area contributed by atoms with Crippen LogP contribution in [-0.2, 0) is 4.74 Å². The highest BCUT2D eigenvalue weighted by atomic mass is 32.1. The highest BCUT2D eigenvalue weighted by Crippen LogP contribution is 2.28. The minimum atomic E-state index is -0.434. The van der Waals surface area contributed by atoms with Gasteiger partial charge in [0.25, 0.3) is 0 Å². The van der Waals surface area contributed by atoms with Gasteiger partial charge in [-0.3, -0.25) is 15.3 Å². The number of nitrogens with one attached hydrogen (secondary N) is 1. The zero-order chi connectivity index (χ0) is 21.6. The fourth-order valence-electron chi connectivity index (χ4n) is 3.21. The number of amides is 2. The second-order valence-electron chi connectivity index (χ2n) is 6.93. The lowest BCUT2D eigenvalue weighted by Gasteiger charge is -2.28. The lowest BCUT2D eigenvalue weighted by molar-refractivity contribution is 0.0600. The monoisotopic (exact) mass is 435 g/mol. The number of nitrogens with zero attached hydrogens (tertiary/aromatic N) is 4. The van der Waals surface area contributed by atoms with E-state index in [1.807, 2.05) is 18.2 Å². The van der Waals surface area contributed by atoms with E-state index in [9.17, 15) is 9.59 Å². The Kier molecular flexibility index (Phi) is 6.32. The average molecular weight is 436 g/mol. The van der Waals surface area contributed by atoms with Crippen molar-refractivity contribution in [2.75, 3.05) is 25.5 Å². The van der Waals surface area contributed by atoms with Crippen molar-refractivity contribution in [3.05, 3.63) is 65.8 Å². The number of carbonyl (C=O) groups is 2. The number of ether oxygens (including phenoxy) is 1. The maximum absolute atomic E-state index is 12.6. The summed E-state index contributed by atoms with van der Waals surface area (Å²) in [5, 5.41) is 3.37. The van der Waals surface area contributed by atoms with Gasteiger partial charge in [0.1, 0.15) is 0 Å². The van der Waals surface area contributed by atoms with E-state index in [0.29, 0.717) is 29.5 Å². The van der Waals surface area contributed by atoms with Crippen LogP contribution >= 0.6 is 11.3 Å². The highest BCUT2D eigenvalue weighted by Gasteiger charge is 2.20. The zero-order valence-corrected chi connectivity index (χ0v) is 17.8. The fourth-order valence-corrected chi connectivity index (χ4v) is 3.99. The maximum atomic E-state index is 12.6. The number of likely N-dealkylation sites (tertiary alicyclic amines) is 1. The summed E-state index contributed by atoms with van der Waals surface area (Å²) < 4.78 is 4.68. The molecule has 3 aromatic rings. The Morgan fingerprint density at radius 2 is 1.94 bits per heavy atom. The van der Waals surface area contributed by atoms with Gasteiger partial charge in [0.2, 0.25) is 0 Å². The summed E-state index contributed by atoms with van der Waals surface area (Å²) in [6, 6.07) is 9.05. The number of thiazole rings is 1. The van der Waals surface area contributed by atoms with Crippen molar-refractivity contribution in [2.45, 2.75) is 12.8 Å². The molecular formula is C22H21N5O3S. The SMILES string of the molecule is COC(=O)c1ccc(-c2cnc(NC(=O)N3CCC(=Cc4ccccn4)CC3)s2)nc1. The van der Waals surface area contributed by atoms with Crippen LogP contribution in [0.4, 0.5) is 9.93 Å². The van der Waals surface area contributed by atoms with E-state index in [0.717, 1.165) is 23.4 Å². The first-order valence-electron chi connectivity index (χ1n) is 9.79. The Morgan fingerprint density at radius 3 is 2.61 bits per heavy atom. The number of rotatable bonds is 4. The Bertz CT molecular complexity index is 1090. The van der Waals surface area contributed by atoms with E-state index < -0.39 is 5.97 Å². The summed E-state index contributed by atoms with van der Waals surface area (Å²) in [6.07, 6.45) is 8.64. The van der Waals surface area contributed by atoms with Crippen LogP contribution in [-0.4, -0.2) is 52.1 Å². The molecule has 0 atom stereocenters.